The Morgan fingerprint density at radius 3 is 3.00 bits per heavy atom. The van der Waals surface area contributed by atoms with E-state index in [1.165, 1.54) is 24.8 Å². The van der Waals surface area contributed by atoms with Gasteiger partial charge in [0.1, 0.15) is 0 Å². The largest absolute Gasteiger partial charge is 0.387 e. The number of nitrogens with one attached hydrogen (secondary N) is 1. The molecule has 12 heavy (non-hydrogen) atoms. The zero-order chi connectivity index (χ0) is 8.23. The lowest BCUT2D eigenvalue weighted by Crippen LogP contribution is -2.13. The van der Waals surface area contributed by atoms with Crippen LogP contribution in [0.25, 0.3) is 0 Å². The summed E-state index contributed by atoms with van der Waals surface area (Å²) in [5.74, 6) is 0.786. The van der Waals surface area contributed by atoms with E-state index in [9.17, 15) is 0 Å². The van der Waals surface area contributed by atoms with Crippen molar-refractivity contribution >= 4 is 0 Å². The minimum Gasteiger partial charge on any atom is -0.387 e. The monoisotopic (exact) mass is 161 g/mol. The molecule has 1 nitrogen and oxygen atoms in total. The Bertz CT molecular complexity index is 235. The normalized spacial score (nSPS) is 28.0. The molecule has 1 heterocycles. The van der Waals surface area contributed by atoms with E-state index in [0.717, 1.165) is 12.5 Å². The molecule has 1 aliphatic carbocycles. The van der Waals surface area contributed by atoms with Gasteiger partial charge in [0.25, 0.3) is 0 Å². The summed E-state index contributed by atoms with van der Waals surface area (Å²) < 4.78 is 0. The first-order chi connectivity index (χ1) is 5.97. The molecule has 0 saturated heterocycles. The minimum atomic E-state index is 0.786. The van der Waals surface area contributed by atoms with Gasteiger partial charge in [0.05, 0.1) is 0 Å². The van der Waals surface area contributed by atoms with Crippen LogP contribution in [-0.4, -0.2) is 6.54 Å². The molecular formula is C11H15N. The number of hydrogen-bond acceptors (Lipinski definition) is 1. The van der Waals surface area contributed by atoms with E-state index in [0.29, 0.717) is 0 Å². The van der Waals surface area contributed by atoms with Crippen LogP contribution in [0.5, 0.6) is 0 Å². The van der Waals surface area contributed by atoms with Crippen LogP contribution in [0.2, 0.25) is 0 Å². The van der Waals surface area contributed by atoms with Crippen molar-refractivity contribution in [2.24, 2.45) is 5.92 Å². The fourth-order valence-electron chi connectivity index (χ4n) is 1.87. The highest BCUT2D eigenvalue weighted by molar-refractivity contribution is 5.26. The number of dihydropyridines is 1. The van der Waals surface area contributed by atoms with Crippen molar-refractivity contribution in [2.75, 3.05) is 6.54 Å². The van der Waals surface area contributed by atoms with Gasteiger partial charge in [-0.1, -0.05) is 18.2 Å². The fourth-order valence-corrected chi connectivity index (χ4v) is 1.87. The molecule has 0 bridgehead atoms. The quantitative estimate of drug-likeness (QED) is 0.582. The number of hydrogen-bond donors (Lipinski definition) is 1. The minimum absolute atomic E-state index is 0.786. The highest BCUT2D eigenvalue weighted by Crippen LogP contribution is 2.26. The van der Waals surface area contributed by atoms with E-state index < -0.39 is 0 Å². The van der Waals surface area contributed by atoms with Crippen molar-refractivity contribution in [3.63, 3.8) is 0 Å². The van der Waals surface area contributed by atoms with Crippen molar-refractivity contribution in [1.29, 1.82) is 0 Å². The second-order valence-electron chi connectivity index (χ2n) is 3.43. The Morgan fingerprint density at radius 1 is 1.33 bits per heavy atom. The first kappa shape index (κ1) is 7.66. The molecule has 64 valence electrons. The van der Waals surface area contributed by atoms with Gasteiger partial charge in [0, 0.05) is 6.54 Å². The predicted molar refractivity (Wildman–Crippen MR) is 51.7 cm³/mol. The van der Waals surface area contributed by atoms with Gasteiger partial charge in [0.15, 0.2) is 0 Å². The summed E-state index contributed by atoms with van der Waals surface area (Å²) in [6, 6.07) is 0. The van der Waals surface area contributed by atoms with Gasteiger partial charge in [-0.15, -0.1) is 0 Å². The van der Waals surface area contributed by atoms with E-state index in [1.807, 2.05) is 0 Å². The van der Waals surface area contributed by atoms with Crippen LogP contribution in [-0.2, 0) is 0 Å². The summed E-state index contributed by atoms with van der Waals surface area (Å²) in [5.41, 5.74) is 1.53. The maximum Gasteiger partial charge on any atom is 0.0331 e. The van der Waals surface area contributed by atoms with Crippen LogP contribution < -0.4 is 5.32 Å². The smallest absolute Gasteiger partial charge is 0.0331 e. The van der Waals surface area contributed by atoms with E-state index in [4.69, 9.17) is 0 Å². The standard InChI is InChI=1S/C11H15N/c1-2-4-10(5-3-1)11-6-8-12-9-7-11/h1-2,6-8,10,12H,3-5,9H2. The maximum absolute atomic E-state index is 3.18. The Hall–Kier alpha value is -0.980. The summed E-state index contributed by atoms with van der Waals surface area (Å²) in [7, 11) is 0. The van der Waals surface area contributed by atoms with Crippen molar-refractivity contribution in [3.8, 4) is 0 Å². The third kappa shape index (κ3) is 1.60. The van der Waals surface area contributed by atoms with Crippen LogP contribution in [0.15, 0.2) is 36.1 Å². The predicted octanol–water partition coefficient (Wildman–Crippen LogP) is 2.39. The zero-order valence-corrected chi connectivity index (χ0v) is 7.29. The van der Waals surface area contributed by atoms with E-state index >= 15 is 0 Å². The van der Waals surface area contributed by atoms with Crippen LogP contribution in [0.3, 0.4) is 0 Å². The molecule has 1 heteroatoms. The Labute approximate surface area is 73.9 Å². The molecule has 1 aliphatic heterocycles. The Morgan fingerprint density at radius 2 is 2.33 bits per heavy atom. The molecule has 0 radical (unpaired) electrons. The van der Waals surface area contributed by atoms with Crippen LogP contribution in [0, 0.1) is 5.92 Å². The Kier molecular flexibility index (Phi) is 2.31. The molecule has 0 aromatic rings. The lowest BCUT2D eigenvalue weighted by Gasteiger charge is -2.21. The van der Waals surface area contributed by atoms with Crippen LogP contribution in [0.4, 0.5) is 0 Å². The molecule has 1 unspecified atom stereocenters. The molecule has 0 spiro atoms. The third-order valence-corrected chi connectivity index (χ3v) is 2.59. The molecule has 2 rings (SSSR count). The summed E-state index contributed by atoms with van der Waals surface area (Å²) in [4.78, 5) is 0. The molecule has 1 atom stereocenters. The summed E-state index contributed by atoms with van der Waals surface area (Å²) in [6.45, 7) is 1.01. The topological polar surface area (TPSA) is 12.0 Å². The molecule has 1 N–H and O–H groups in total. The van der Waals surface area contributed by atoms with Crippen molar-refractivity contribution in [1.82, 2.24) is 5.32 Å². The first-order valence-electron chi connectivity index (χ1n) is 4.72. The molecule has 0 aromatic heterocycles. The van der Waals surface area contributed by atoms with Gasteiger partial charge in [0.2, 0.25) is 0 Å². The lowest BCUT2D eigenvalue weighted by molar-refractivity contribution is 0.559. The first-order valence-corrected chi connectivity index (χ1v) is 4.72. The number of rotatable bonds is 1. The van der Waals surface area contributed by atoms with E-state index in [-0.39, 0.29) is 0 Å². The van der Waals surface area contributed by atoms with E-state index in [2.05, 4.69) is 35.8 Å². The van der Waals surface area contributed by atoms with Gasteiger partial charge in [-0.3, -0.25) is 0 Å². The Balaban J connectivity index is 2.03. The highest BCUT2D eigenvalue weighted by Gasteiger charge is 2.13. The molecule has 0 saturated carbocycles. The maximum atomic E-state index is 3.18. The molecule has 0 amide bonds. The zero-order valence-electron chi connectivity index (χ0n) is 7.29. The molecule has 0 aromatic carbocycles. The average Bonchev–Trinajstić information content (AvgIpc) is 2.21. The van der Waals surface area contributed by atoms with Gasteiger partial charge < -0.3 is 5.32 Å². The molecule has 0 fully saturated rings. The van der Waals surface area contributed by atoms with Crippen molar-refractivity contribution in [2.45, 2.75) is 19.3 Å². The molecular weight excluding hydrogens is 146 g/mol. The van der Waals surface area contributed by atoms with Crippen molar-refractivity contribution < 1.29 is 0 Å². The van der Waals surface area contributed by atoms with Gasteiger partial charge >= 0.3 is 0 Å². The SMILES string of the molecule is C1=CCC(C2=CCNC=C2)CC1. The number of allylic oxidation sites excluding steroid dienone is 4. The van der Waals surface area contributed by atoms with Crippen molar-refractivity contribution in [3.05, 3.63) is 36.1 Å². The lowest BCUT2D eigenvalue weighted by atomic mass is 9.87. The summed E-state index contributed by atoms with van der Waals surface area (Å²) >= 11 is 0. The summed E-state index contributed by atoms with van der Waals surface area (Å²) in [6.07, 6.45) is 15.0. The highest BCUT2D eigenvalue weighted by atomic mass is 14.8. The van der Waals surface area contributed by atoms with Gasteiger partial charge in [-0.25, -0.2) is 0 Å². The fraction of sp³-hybridized carbons (Fsp3) is 0.455. The second-order valence-corrected chi connectivity index (χ2v) is 3.43. The van der Waals surface area contributed by atoms with E-state index in [1.54, 1.807) is 0 Å². The van der Waals surface area contributed by atoms with Crippen LogP contribution in [0.1, 0.15) is 19.3 Å². The second kappa shape index (κ2) is 3.61. The molecule has 2 aliphatic rings. The van der Waals surface area contributed by atoms with Crippen LogP contribution >= 0.6 is 0 Å². The van der Waals surface area contributed by atoms with Gasteiger partial charge in [-0.05, 0) is 43.0 Å². The summed E-state index contributed by atoms with van der Waals surface area (Å²) in [5, 5.41) is 3.18. The van der Waals surface area contributed by atoms with Gasteiger partial charge in [-0.2, -0.15) is 0 Å². The third-order valence-electron chi connectivity index (χ3n) is 2.59. The average molecular weight is 161 g/mol.